The van der Waals surface area contributed by atoms with Crippen LogP contribution in [0.1, 0.15) is 9.88 Å². The summed E-state index contributed by atoms with van der Waals surface area (Å²) >= 11 is 3.43. The minimum atomic E-state index is 0.867. The highest BCUT2D eigenvalue weighted by atomic mass is 32.1. The number of hydrogen-bond donors (Lipinski definition) is 1. The second-order valence-electron chi connectivity index (χ2n) is 3.26. The maximum Gasteiger partial charge on any atom is 0.134 e. The molecule has 0 saturated carbocycles. The molecule has 0 amide bonds. The summed E-state index contributed by atoms with van der Waals surface area (Å²) in [6, 6.07) is 2.00. The predicted molar refractivity (Wildman–Crippen MR) is 68.4 cm³/mol. The molecule has 0 aliphatic heterocycles. The van der Waals surface area contributed by atoms with Crippen molar-refractivity contribution in [2.45, 2.75) is 13.0 Å². The quantitative estimate of drug-likeness (QED) is 0.804. The molecule has 2 heterocycles. The first-order chi connectivity index (χ1) is 7.90. The standard InChI is InChI=1S/C11H14N2OS2/c1-14-9-3-6-15-10(9)8-12-4-2-11-13-5-7-16-11/h3,5-7,12H,2,4,8H2,1H3. The molecule has 16 heavy (non-hydrogen) atoms. The third-order valence-electron chi connectivity index (χ3n) is 2.21. The van der Waals surface area contributed by atoms with E-state index in [0.717, 1.165) is 25.3 Å². The Morgan fingerprint density at radius 3 is 3.06 bits per heavy atom. The molecule has 86 valence electrons. The number of aromatic nitrogens is 1. The first-order valence-electron chi connectivity index (χ1n) is 5.09. The first-order valence-corrected chi connectivity index (χ1v) is 6.85. The monoisotopic (exact) mass is 254 g/mol. The van der Waals surface area contributed by atoms with Gasteiger partial charge in [-0.25, -0.2) is 4.98 Å². The average Bonchev–Trinajstić information content (AvgIpc) is 2.95. The molecule has 0 spiro atoms. The van der Waals surface area contributed by atoms with Crippen molar-refractivity contribution < 1.29 is 4.74 Å². The Morgan fingerprint density at radius 1 is 1.38 bits per heavy atom. The Morgan fingerprint density at radius 2 is 2.31 bits per heavy atom. The lowest BCUT2D eigenvalue weighted by atomic mass is 10.4. The number of nitrogens with one attached hydrogen (secondary N) is 1. The largest absolute Gasteiger partial charge is 0.496 e. The first kappa shape index (κ1) is 11.6. The molecule has 2 rings (SSSR count). The van der Waals surface area contributed by atoms with E-state index in [1.54, 1.807) is 29.8 Å². The van der Waals surface area contributed by atoms with E-state index in [2.05, 4.69) is 15.7 Å². The second kappa shape index (κ2) is 5.98. The van der Waals surface area contributed by atoms with Crippen LogP contribution < -0.4 is 10.1 Å². The molecule has 3 nitrogen and oxygen atoms in total. The van der Waals surface area contributed by atoms with Gasteiger partial charge in [-0.05, 0) is 11.4 Å². The predicted octanol–water partition coefficient (Wildman–Crippen LogP) is 2.55. The molecule has 0 unspecified atom stereocenters. The normalized spacial score (nSPS) is 10.6. The number of methoxy groups -OCH3 is 1. The number of thiazole rings is 1. The van der Waals surface area contributed by atoms with Crippen molar-refractivity contribution in [1.82, 2.24) is 10.3 Å². The van der Waals surface area contributed by atoms with E-state index in [1.165, 1.54) is 9.88 Å². The SMILES string of the molecule is COc1ccsc1CNCCc1nccs1. The van der Waals surface area contributed by atoms with Gasteiger partial charge in [-0.1, -0.05) is 0 Å². The summed E-state index contributed by atoms with van der Waals surface area (Å²) in [4.78, 5) is 5.49. The Hall–Kier alpha value is -0.910. The van der Waals surface area contributed by atoms with Gasteiger partial charge in [0.05, 0.1) is 17.0 Å². The van der Waals surface area contributed by atoms with E-state index in [0.29, 0.717) is 0 Å². The molecule has 5 heteroatoms. The average molecular weight is 254 g/mol. The lowest BCUT2D eigenvalue weighted by Gasteiger charge is -2.04. The molecule has 0 aliphatic rings. The van der Waals surface area contributed by atoms with E-state index in [1.807, 2.05) is 17.6 Å². The highest BCUT2D eigenvalue weighted by Gasteiger charge is 2.03. The summed E-state index contributed by atoms with van der Waals surface area (Å²) in [5.74, 6) is 0.978. The molecule has 0 saturated heterocycles. The molecule has 0 fully saturated rings. The van der Waals surface area contributed by atoms with Crippen molar-refractivity contribution in [2.75, 3.05) is 13.7 Å². The van der Waals surface area contributed by atoms with Crippen LogP contribution in [0.2, 0.25) is 0 Å². The summed E-state index contributed by atoms with van der Waals surface area (Å²) in [5, 5.41) is 8.65. The molecule has 0 atom stereocenters. The zero-order chi connectivity index (χ0) is 11.2. The Kier molecular flexibility index (Phi) is 4.33. The van der Waals surface area contributed by atoms with Crippen LogP contribution in [0.15, 0.2) is 23.0 Å². The summed E-state index contributed by atoms with van der Waals surface area (Å²) in [6.45, 7) is 1.82. The molecule has 2 aromatic heterocycles. The molecular weight excluding hydrogens is 240 g/mol. The third kappa shape index (κ3) is 3.04. The molecular formula is C11H14N2OS2. The lowest BCUT2D eigenvalue weighted by Crippen LogP contribution is -2.16. The van der Waals surface area contributed by atoms with Gasteiger partial charge in [0.15, 0.2) is 0 Å². The lowest BCUT2D eigenvalue weighted by molar-refractivity contribution is 0.410. The van der Waals surface area contributed by atoms with Crippen molar-refractivity contribution in [1.29, 1.82) is 0 Å². The number of hydrogen-bond acceptors (Lipinski definition) is 5. The number of ether oxygens (including phenoxy) is 1. The van der Waals surface area contributed by atoms with Crippen LogP contribution in [0.5, 0.6) is 5.75 Å². The number of rotatable bonds is 6. The van der Waals surface area contributed by atoms with Crippen LogP contribution in [0.4, 0.5) is 0 Å². The number of thiophene rings is 1. The Bertz CT molecular complexity index is 411. The van der Waals surface area contributed by atoms with Crippen molar-refractivity contribution in [3.8, 4) is 5.75 Å². The summed E-state index contributed by atoms with van der Waals surface area (Å²) in [5.41, 5.74) is 0. The van der Waals surface area contributed by atoms with Gasteiger partial charge in [0.2, 0.25) is 0 Å². The fourth-order valence-electron chi connectivity index (χ4n) is 1.41. The van der Waals surface area contributed by atoms with E-state index in [4.69, 9.17) is 4.74 Å². The van der Waals surface area contributed by atoms with Crippen molar-refractivity contribution >= 4 is 22.7 Å². The minimum Gasteiger partial charge on any atom is -0.496 e. The minimum absolute atomic E-state index is 0.867. The smallest absolute Gasteiger partial charge is 0.134 e. The second-order valence-corrected chi connectivity index (χ2v) is 5.24. The van der Waals surface area contributed by atoms with Gasteiger partial charge in [-0.2, -0.15) is 0 Å². The van der Waals surface area contributed by atoms with Crippen LogP contribution >= 0.6 is 22.7 Å². The Balaban J connectivity index is 1.72. The van der Waals surface area contributed by atoms with Crippen molar-refractivity contribution in [3.63, 3.8) is 0 Å². The summed E-state index contributed by atoms with van der Waals surface area (Å²) in [6.07, 6.45) is 2.84. The van der Waals surface area contributed by atoms with Gasteiger partial charge in [0.25, 0.3) is 0 Å². The van der Waals surface area contributed by atoms with Gasteiger partial charge in [-0.15, -0.1) is 22.7 Å². The highest BCUT2D eigenvalue weighted by molar-refractivity contribution is 7.10. The van der Waals surface area contributed by atoms with E-state index in [9.17, 15) is 0 Å². The molecule has 0 aromatic carbocycles. The van der Waals surface area contributed by atoms with E-state index >= 15 is 0 Å². The summed E-state index contributed by atoms with van der Waals surface area (Å²) < 4.78 is 5.25. The third-order valence-corrected chi connectivity index (χ3v) is 3.95. The fourth-order valence-corrected chi connectivity index (χ4v) is 2.84. The van der Waals surface area contributed by atoms with Crippen LogP contribution in [0.25, 0.3) is 0 Å². The van der Waals surface area contributed by atoms with Crippen LogP contribution in [-0.4, -0.2) is 18.6 Å². The van der Waals surface area contributed by atoms with Crippen LogP contribution in [-0.2, 0) is 13.0 Å². The van der Waals surface area contributed by atoms with E-state index < -0.39 is 0 Å². The zero-order valence-corrected chi connectivity index (χ0v) is 10.7. The number of nitrogens with zero attached hydrogens (tertiary/aromatic N) is 1. The van der Waals surface area contributed by atoms with Gasteiger partial charge < -0.3 is 10.1 Å². The molecule has 0 bridgehead atoms. The van der Waals surface area contributed by atoms with Gasteiger partial charge in [-0.3, -0.25) is 0 Å². The van der Waals surface area contributed by atoms with Crippen LogP contribution in [0, 0.1) is 0 Å². The topological polar surface area (TPSA) is 34.1 Å². The Labute approximate surface area is 103 Å². The fraction of sp³-hybridized carbons (Fsp3) is 0.364. The van der Waals surface area contributed by atoms with Gasteiger partial charge in [0, 0.05) is 31.1 Å². The van der Waals surface area contributed by atoms with Crippen molar-refractivity contribution in [3.05, 3.63) is 32.9 Å². The molecule has 0 radical (unpaired) electrons. The summed E-state index contributed by atoms with van der Waals surface area (Å²) in [7, 11) is 1.71. The maximum absolute atomic E-state index is 5.25. The maximum atomic E-state index is 5.25. The van der Waals surface area contributed by atoms with Crippen molar-refractivity contribution in [2.24, 2.45) is 0 Å². The van der Waals surface area contributed by atoms with Gasteiger partial charge in [0.1, 0.15) is 5.75 Å². The van der Waals surface area contributed by atoms with E-state index in [-0.39, 0.29) is 0 Å². The van der Waals surface area contributed by atoms with Crippen LogP contribution in [0.3, 0.4) is 0 Å². The highest BCUT2D eigenvalue weighted by Crippen LogP contribution is 2.23. The molecule has 2 aromatic rings. The molecule has 0 aliphatic carbocycles. The molecule has 1 N–H and O–H groups in total. The van der Waals surface area contributed by atoms with Gasteiger partial charge >= 0.3 is 0 Å². The zero-order valence-electron chi connectivity index (χ0n) is 9.10.